The normalized spacial score (nSPS) is 17.4. The second kappa shape index (κ2) is 4.85. The van der Waals surface area contributed by atoms with Gasteiger partial charge in [0, 0.05) is 13.6 Å². The molecule has 94 valence electrons. The van der Waals surface area contributed by atoms with Gasteiger partial charge < -0.3 is 10.6 Å². The van der Waals surface area contributed by atoms with Crippen molar-refractivity contribution in [2.75, 3.05) is 24.2 Å². The molecular weight excluding hydrogens is 219 g/mol. The third kappa shape index (κ3) is 2.48. The van der Waals surface area contributed by atoms with Gasteiger partial charge in [-0.1, -0.05) is 13.3 Å². The Bertz CT molecular complexity index is 385. The van der Waals surface area contributed by atoms with Crippen molar-refractivity contribution in [3.05, 3.63) is 12.0 Å². The smallest absolute Gasteiger partial charge is 0.224 e. The highest BCUT2D eigenvalue weighted by molar-refractivity contribution is 5.41. The van der Waals surface area contributed by atoms with Crippen LogP contribution < -0.4 is 10.6 Å². The maximum atomic E-state index is 13.5. The van der Waals surface area contributed by atoms with E-state index in [9.17, 15) is 4.39 Å². The third-order valence-corrected chi connectivity index (χ3v) is 3.76. The summed E-state index contributed by atoms with van der Waals surface area (Å²) in [4.78, 5) is 7.90. The van der Waals surface area contributed by atoms with E-state index in [1.807, 2.05) is 0 Å². The Hall–Kier alpha value is -1.39. The van der Waals surface area contributed by atoms with Gasteiger partial charge in [-0.15, -0.1) is 0 Å². The van der Waals surface area contributed by atoms with Crippen LogP contribution in [0, 0.1) is 11.2 Å². The Morgan fingerprint density at radius 3 is 2.76 bits per heavy atom. The van der Waals surface area contributed by atoms with Gasteiger partial charge in [-0.05, 0) is 24.7 Å². The van der Waals surface area contributed by atoms with Crippen LogP contribution in [-0.2, 0) is 0 Å². The van der Waals surface area contributed by atoms with Crippen molar-refractivity contribution in [3.8, 4) is 0 Å². The van der Waals surface area contributed by atoms with Crippen molar-refractivity contribution < 1.29 is 4.39 Å². The maximum Gasteiger partial charge on any atom is 0.224 e. The molecule has 1 aromatic heterocycles. The van der Waals surface area contributed by atoms with E-state index in [4.69, 9.17) is 0 Å². The van der Waals surface area contributed by atoms with E-state index in [1.165, 1.54) is 25.5 Å². The third-order valence-electron chi connectivity index (χ3n) is 3.76. The second-order valence-corrected chi connectivity index (χ2v) is 4.70. The molecule has 2 rings (SSSR count). The summed E-state index contributed by atoms with van der Waals surface area (Å²) in [5, 5.41) is 5.92. The summed E-state index contributed by atoms with van der Waals surface area (Å²) < 4.78 is 13.5. The van der Waals surface area contributed by atoms with Crippen LogP contribution >= 0.6 is 0 Å². The van der Waals surface area contributed by atoms with Crippen LogP contribution in [0.4, 0.5) is 16.2 Å². The zero-order valence-electron chi connectivity index (χ0n) is 10.4. The lowest BCUT2D eigenvalue weighted by atomic mass is 9.67. The summed E-state index contributed by atoms with van der Waals surface area (Å²) in [6.45, 7) is 2.98. The Morgan fingerprint density at radius 1 is 1.47 bits per heavy atom. The number of halogens is 1. The maximum absolute atomic E-state index is 13.5. The molecular formula is C12H19FN4. The van der Waals surface area contributed by atoms with Crippen LogP contribution in [0.25, 0.3) is 0 Å². The molecule has 1 aromatic rings. The quantitative estimate of drug-likeness (QED) is 0.828. The molecule has 0 aliphatic heterocycles. The fourth-order valence-corrected chi connectivity index (χ4v) is 2.21. The zero-order chi connectivity index (χ0) is 12.3. The van der Waals surface area contributed by atoms with E-state index in [0.717, 1.165) is 13.0 Å². The van der Waals surface area contributed by atoms with Crippen molar-refractivity contribution in [2.45, 2.75) is 32.6 Å². The van der Waals surface area contributed by atoms with Crippen LogP contribution in [0.15, 0.2) is 6.20 Å². The zero-order valence-corrected chi connectivity index (χ0v) is 10.4. The first-order valence-electron chi connectivity index (χ1n) is 6.13. The molecule has 0 spiro atoms. The number of rotatable bonds is 5. The van der Waals surface area contributed by atoms with Gasteiger partial charge in [0.15, 0.2) is 11.6 Å². The molecule has 1 heterocycles. The van der Waals surface area contributed by atoms with Crippen LogP contribution in [0.2, 0.25) is 0 Å². The van der Waals surface area contributed by atoms with E-state index in [-0.39, 0.29) is 0 Å². The molecule has 0 unspecified atom stereocenters. The minimum atomic E-state index is -0.394. The molecule has 0 saturated heterocycles. The number of anilines is 2. The number of nitrogens with zero attached hydrogens (tertiary/aromatic N) is 2. The lowest BCUT2D eigenvalue weighted by Crippen LogP contribution is -2.36. The summed E-state index contributed by atoms with van der Waals surface area (Å²) in [6, 6.07) is 0. The van der Waals surface area contributed by atoms with Crippen molar-refractivity contribution in [1.82, 2.24) is 9.97 Å². The number of aromatic nitrogens is 2. The molecule has 0 amide bonds. The Kier molecular flexibility index (Phi) is 3.45. The molecule has 1 aliphatic carbocycles. The summed E-state index contributed by atoms with van der Waals surface area (Å²) >= 11 is 0. The number of hydrogen-bond acceptors (Lipinski definition) is 4. The van der Waals surface area contributed by atoms with Gasteiger partial charge in [-0.25, -0.2) is 9.37 Å². The highest BCUT2D eigenvalue weighted by Gasteiger charge is 2.34. The molecule has 1 aliphatic rings. The molecule has 4 nitrogen and oxygen atoms in total. The summed E-state index contributed by atoms with van der Waals surface area (Å²) in [5.74, 6) is 0.340. The van der Waals surface area contributed by atoms with E-state index in [1.54, 1.807) is 7.05 Å². The fourth-order valence-electron chi connectivity index (χ4n) is 2.21. The molecule has 0 radical (unpaired) electrons. The fraction of sp³-hybridized carbons (Fsp3) is 0.667. The highest BCUT2D eigenvalue weighted by Crippen LogP contribution is 2.43. The van der Waals surface area contributed by atoms with Crippen molar-refractivity contribution in [1.29, 1.82) is 0 Å². The van der Waals surface area contributed by atoms with Crippen LogP contribution in [-0.4, -0.2) is 23.6 Å². The van der Waals surface area contributed by atoms with E-state index < -0.39 is 5.82 Å². The van der Waals surface area contributed by atoms with Gasteiger partial charge in [-0.2, -0.15) is 4.98 Å². The van der Waals surface area contributed by atoms with E-state index >= 15 is 0 Å². The largest absolute Gasteiger partial charge is 0.367 e. The van der Waals surface area contributed by atoms with Crippen LogP contribution in [0.5, 0.6) is 0 Å². The SMILES string of the molecule is CCC1(CNc2nc(NC)ncc2F)CCC1. The van der Waals surface area contributed by atoms with Crippen molar-refractivity contribution >= 4 is 11.8 Å². The molecule has 0 aromatic carbocycles. The monoisotopic (exact) mass is 238 g/mol. The predicted molar refractivity (Wildman–Crippen MR) is 66.6 cm³/mol. The molecule has 5 heteroatoms. The van der Waals surface area contributed by atoms with Crippen molar-refractivity contribution in [2.24, 2.45) is 5.41 Å². The summed E-state index contributed by atoms with van der Waals surface area (Å²) in [7, 11) is 1.72. The van der Waals surface area contributed by atoms with Crippen molar-refractivity contribution in [3.63, 3.8) is 0 Å². The van der Waals surface area contributed by atoms with Crippen LogP contribution in [0.1, 0.15) is 32.6 Å². The van der Waals surface area contributed by atoms with Crippen LogP contribution in [0.3, 0.4) is 0 Å². The minimum absolute atomic E-state index is 0.295. The van der Waals surface area contributed by atoms with Gasteiger partial charge in [-0.3, -0.25) is 0 Å². The van der Waals surface area contributed by atoms with Gasteiger partial charge in [0.25, 0.3) is 0 Å². The topological polar surface area (TPSA) is 49.8 Å². The number of nitrogens with one attached hydrogen (secondary N) is 2. The standard InChI is InChI=1S/C12H19FN4/c1-3-12(5-4-6-12)8-16-10-9(13)7-15-11(14-2)17-10/h7H,3-6,8H2,1-2H3,(H2,14,15,16,17). The first-order chi connectivity index (χ1) is 8.19. The summed E-state index contributed by atoms with van der Waals surface area (Å²) in [5.41, 5.74) is 0.344. The minimum Gasteiger partial charge on any atom is -0.367 e. The first-order valence-corrected chi connectivity index (χ1v) is 6.13. The molecule has 17 heavy (non-hydrogen) atoms. The first kappa shape index (κ1) is 12.1. The van der Waals surface area contributed by atoms with Gasteiger partial charge in [0.05, 0.1) is 6.20 Å². The van der Waals surface area contributed by atoms with E-state index in [0.29, 0.717) is 17.2 Å². The number of hydrogen-bond donors (Lipinski definition) is 2. The molecule has 2 N–H and O–H groups in total. The lowest BCUT2D eigenvalue weighted by molar-refractivity contribution is 0.144. The lowest BCUT2D eigenvalue weighted by Gasteiger charge is -2.41. The Morgan fingerprint density at radius 2 is 2.24 bits per heavy atom. The summed E-state index contributed by atoms with van der Waals surface area (Å²) in [6.07, 6.45) is 6.06. The van der Waals surface area contributed by atoms with E-state index in [2.05, 4.69) is 27.5 Å². The average Bonchev–Trinajstić information content (AvgIpc) is 2.30. The molecule has 1 saturated carbocycles. The van der Waals surface area contributed by atoms with Gasteiger partial charge >= 0.3 is 0 Å². The molecule has 1 fully saturated rings. The Labute approximate surface area is 101 Å². The molecule has 0 atom stereocenters. The predicted octanol–water partition coefficient (Wildman–Crippen LogP) is 2.65. The highest BCUT2D eigenvalue weighted by atomic mass is 19.1. The Balaban J connectivity index is 2.02. The van der Waals surface area contributed by atoms with Gasteiger partial charge in [0.1, 0.15) is 0 Å². The van der Waals surface area contributed by atoms with Gasteiger partial charge in [0.2, 0.25) is 5.95 Å². The second-order valence-electron chi connectivity index (χ2n) is 4.70. The molecule has 0 bridgehead atoms. The average molecular weight is 238 g/mol.